The standard InChI is InChI=1S/C31H25N3O2S2/c1-21-7-14-25(15-8-21)33-30(36)24-12-9-23(10-13-24)20-37-31-34-27-17-16-26(19-28(27)38-31)32-29(35)18-11-22-5-3-2-4-6-22/h2-19H,20H2,1H3,(H,32,35)(H,33,36). The van der Waals surface area contributed by atoms with Gasteiger partial charge in [0.05, 0.1) is 10.2 Å². The minimum absolute atomic E-state index is 0.127. The van der Waals surface area contributed by atoms with E-state index < -0.39 is 0 Å². The van der Waals surface area contributed by atoms with Crippen LogP contribution in [0.3, 0.4) is 0 Å². The van der Waals surface area contributed by atoms with Gasteiger partial charge in [0, 0.05) is 28.8 Å². The van der Waals surface area contributed by atoms with E-state index in [9.17, 15) is 9.59 Å². The smallest absolute Gasteiger partial charge is 0.255 e. The maximum absolute atomic E-state index is 12.5. The van der Waals surface area contributed by atoms with Gasteiger partial charge in [0.1, 0.15) is 0 Å². The number of benzene rings is 4. The molecule has 0 spiro atoms. The van der Waals surface area contributed by atoms with E-state index in [1.165, 1.54) is 6.08 Å². The van der Waals surface area contributed by atoms with E-state index in [2.05, 4.69) is 10.6 Å². The van der Waals surface area contributed by atoms with Crippen LogP contribution in [0.2, 0.25) is 0 Å². The van der Waals surface area contributed by atoms with Crippen LogP contribution in [0.5, 0.6) is 0 Å². The second-order valence-corrected chi connectivity index (χ2v) is 11.0. The van der Waals surface area contributed by atoms with Crippen LogP contribution in [0.15, 0.2) is 107 Å². The van der Waals surface area contributed by atoms with Gasteiger partial charge in [0.2, 0.25) is 5.91 Å². The van der Waals surface area contributed by atoms with Gasteiger partial charge in [0.25, 0.3) is 5.91 Å². The summed E-state index contributed by atoms with van der Waals surface area (Å²) in [4.78, 5) is 29.6. The van der Waals surface area contributed by atoms with Crippen molar-refractivity contribution in [1.29, 1.82) is 0 Å². The molecular formula is C31H25N3O2S2. The predicted octanol–water partition coefficient (Wildman–Crippen LogP) is 7.80. The molecule has 0 bridgehead atoms. The first-order valence-corrected chi connectivity index (χ1v) is 13.9. The molecule has 5 nitrogen and oxygen atoms in total. The third kappa shape index (κ3) is 6.76. The number of aryl methyl sites for hydroxylation is 1. The highest BCUT2D eigenvalue weighted by Gasteiger charge is 2.09. The molecule has 2 N–H and O–H groups in total. The second-order valence-electron chi connectivity index (χ2n) is 8.70. The van der Waals surface area contributed by atoms with E-state index in [1.807, 2.05) is 104 Å². The van der Waals surface area contributed by atoms with Crippen molar-refractivity contribution in [1.82, 2.24) is 4.98 Å². The monoisotopic (exact) mass is 535 g/mol. The van der Waals surface area contributed by atoms with Crippen molar-refractivity contribution in [2.24, 2.45) is 0 Å². The second kappa shape index (κ2) is 11.9. The quantitative estimate of drug-likeness (QED) is 0.157. The molecule has 4 aromatic carbocycles. The molecule has 5 rings (SSSR count). The van der Waals surface area contributed by atoms with E-state index in [0.717, 1.165) is 48.4 Å². The number of carbonyl (C=O) groups excluding carboxylic acids is 2. The van der Waals surface area contributed by atoms with Crippen molar-refractivity contribution in [3.63, 3.8) is 0 Å². The summed E-state index contributed by atoms with van der Waals surface area (Å²) in [7, 11) is 0. The highest BCUT2D eigenvalue weighted by Crippen LogP contribution is 2.33. The highest BCUT2D eigenvalue weighted by molar-refractivity contribution is 8.00. The van der Waals surface area contributed by atoms with Crippen LogP contribution < -0.4 is 10.6 Å². The van der Waals surface area contributed by atoms with Gasteiger partial charge in [-0.2, -0.15) is 0 Å². The third-order valence-electron chi connectivity index (χ3n) is 5.75. The number of nitrogens with zero attached hydrogens (tertiary/aromatic N) is 1. The molecule has 0 atom stereocenters. The summed E-state index contributed by atoms with van der Waals surface area (Å²) in [5, 5.41) is 5.84. The average Bonchev–Trinajstić information content (AvgIpc) is 3.35. The maximum atomic E-state index is 12.5. The Labute approximate surface area is 229 Å². The Morgan fingerprint density at radius 3 is 2.37 bits per heavy atom. The number of rotatable bonds is 8. The minimum atomic E-state index is -0.177. The maximum Gasteiger partial charge on any atom is 0.255 e. The molecule has 1 heterocycles. The molecule has 7 heteroatoms. The number of anilines is 2. The summed E-state index contributed by atoms with van der Waals surface area (Å²) >= 11 is 3.25. The van der Waals surface area contributed by atoms with Crippen LogP contribution in [0.25, 0.3) is 16.3 Å². The summed E-state index contributed by atoms with van der Waals surface area (Å²) in [6, 6.07) is 30.8. The lowest BCUT2D eigenvalue weighted by Gasteiger charge is -2.06. The largest absolute Gasteiger partial charge is 0.322 e. The van der Waals surface area contributed by atoms with Crippen molar-refractivity contribution >= 4 is 62.6 Å². The number of fused-ring (bicyclic) bond motifs is 1. The Morgan fingerprint density at radius 1 is 0.868 bits per heavy atom. The highest BCUT2D eigenvalue weighted by atomic mass is 32.2. The zero-order valence-corrected chi connectivity index (χ0v) is 22.3. The molecule has 0 fully saturated rings. The van der Waals surface area contributed by atoms with E-state index in [0.29, 0.717) is 5.56 Å². The number of thioether (sulfide) groups is 1. The number of hydrogen-bond donors (Lipinski definition) is 2. The summed E-state index contributed by atoms with van der Waals surface area (Å²) in [5.74, 6) is 0.439. The first kappa shape index (κ1) is 25.4. The van der Waals surface area contributed by atoms with E-state index in [4.69, 9.17) is 4.98 Å². The lowest BCUT2D eigenvalue weighted by atomic mass is 10.1. The Morgan fingerprint density at radius 2 is 1.61 bits per heavy atom. The van der Waals surface area contributed by atoms with Crippen molar-refractivity contribution in [3.05, 3.63) is 125 Å². The molecule has 0 saturated heterocycles. The van der Waals surface area contributed by atoms with Crippen molar-refractivity contribution in [2.75, 3.05) is 10.6 Å². The molecule has 0 unspecified atom stereocenters. The van der Waals surface area contributed by atoms with Crippen molar-refractivity contribution in [2.45, 2.75) is 17.0 Å². The summed E-state index contributed by atoms with van der Waals surface area (Å²) in [6.45, 7) is 2.01. The van der Waals surface area contributed by atoms with Gasteiger partial charge in [-0.05, 0) is 66.6 Å². The Balaban J connectivity index is 1.16. The molecule has 5 aromatic rings. The minimum Gasteiger partial charge on any atom is -0.322 e. The fraction of sp³-hybridized carbons (Fsp3) is 0.0645. The molecule has 0 aliphatic heterocycles. The van der Waals surface area contributed by atoms with Gasteiger partial charge >= 0.3 is 0 Å². The number of aromatic nitrogens is 1. The molecule has 0 aliphatic carbocycles. The van der Waals surface area contributed by atoms with Gasteiger partial charge in [-0.15, -0.1) is 11.3 Å². The SMILES string of the molecule is Cc1ccc(NC(=O)c2ccc(CSc3nc4ccc(NC(=O)C=Cc5ccccc5)cc4s3)cc2)cc1. The molecule has 0 saturated carbocycles. The van der Waals surface area contributed by atoms with Crippen molar-refractivity contribution in [3.8, 4) is 0 Å². The lowest BCUT2D eigenvalue weighted by Crippen LogP contribution is -2.11. The summed E-state index contributed by atoms with van der Waals surface area (Å²) in [5.41, 5.74) is 6.27. The van der Waals surface area contributed by atoms with Gasteiger partial charge in [-0.3, -0.25) is 9.59 Å². The third-order valence-corrected chi connectivity index (χ3v) is 7.98. The van der Waals surface area contributed by atoms with Crippen LogP contribution in [0, 0.1) is 6.92 Å². The van der Waals surface area contributed by atoms with E-state index >= 15 is 0 Å². The Kier molecular flexibility index (Phi) is 7.97. The molecule has 2 amide bonds. The molecule has 1 aromatic heterocycles. The van der Waals surface area contributed by atoms with Crippen LogP contribution in [0.4, 0.5) is 11.4 Å². The molecule has 0 aliphatic rings. The van der Waals surface area contributed by atoms with Crippen LogP contribution >= 0.6 is 23.1 Å². The van der Waals surface area contributed by atoms with E-state index in [-0.39, 0.29) is 11.8 Å². The number of carbonyl (C=O) groups is 2. The first-order valence-electron chi connectivity index (χ1n) is 12.1. The predicted molar refractivity (Wildman–Crippen MR) is 159 cm³/mol. The number of thiazole rings is 1. The topological polar surface area (TPSA) is 71.1 Å². The summed E-state index contributed by atoms with van der Waals surface area (Å²) in [6.07, 6.45) is 3.32. The van der Waals surface area contributed by atoms with Crippen LogP contribution in [-0.2, 0) is 10.5 Å². The zero-order valence-electron chi connectivity index (χ0n) is 20.7. The van der Waals surface area contributed by atoms with Gasteiger partial charge in [-0.25, -0.2) is 4.98 Å². The molecule has 188 valence electrons. The first-order chi connectivity index (χ1) is 18.5. The number of amides is 2. The zero-order chi connectivity index (χ0) is 26.3. The van der Waals surface area contributed by atoms with Crippen LogP contribution in [0.1, 0.15) is 27.0 Å². The Hall–Kier alpha value is -4.20. The molecular weight excluding hydrogens is 510 g/mol. The molecule has 38 heavy (non-hydrogen) atoms. The van der Waals surface area contributed by atoms with Crippen LogP contribution in [-0.4, -0.2) is 16.8 Å². The van der Waals surface area contributed by atoms with Gasteiger partial charge < -0.3 is 10.6 Å². The fourth-order valence-electron chi connectivity index (χ4n) is 3.70. The van der Waals surface area contributed by atoms with E-state index in [1.54, 1.807) is 29.2 Å². The number of nitrogens with one attached hydrogen (secondary N) is 2. The molecule has 0 radical (unpaired) electrons. The fourth-order valence-corrected chi connectivity index (χ4v) is 5.76. The average molecular weight is 536 g/mol. The van der Waals surface area contributed by atoms with Crippen molar-refractivity contribution < 1.29 is 9.59 Å². The van der Waals surface area contributed by atoms with Gasteiger partial charge in [-0.1, -0.05) is 71.9 Å². The number of hydrogen-bond acceptors (Lipinski definition) is 5. The normalized spacial score (nSPS) is 11.1. The Bertz CT molecular complexity index is 1590. The van der Waals surface area contributed by atoms with Gasteiger partial charge in [0.15, 0.2) is 4.34 Å². The summed E-state index contributed by atoms with van der Waals surface area (Å²) < 4.78 is 1.97. The lowest BCUT2D eigenvalue weighted by molar-refractivity contribution is -0.111.